The topological polar surface area (TPSA) is 109 Å². The zero-order valence-electron chi connectivity index (χ0n) is 17.3. The fourth-order valence-electron chi connectivity index (χ4n) is 3.22. The van der Waals surface area contributed by atoms with Crippen LogP contribution >= 0.6 is 0 Å². The van der Waals surface area contributed by atoms with Gasteiger partial charge in [0.05, 0.1) is 24.2 Å². The van der Waals surface area contributed by atoms with Crippen LogP contribution in [0, 0.1) is 0 Å². The minimum atomic E-state index is -0.625. The Bertz CT molecular complexity index is 1360. The third-order valence-electron chi connectivity index (χ3n) is 4.69. The maximum Gasteiger partial charge on any atom is 0.282 e. The van der Waals surface area contributed by atoms with Crippen molar-refractivity contribution in [2.24, 2.45) is 10.8 Å². The molecule has 0 radical (unpaired) electrons. The predicted molar refractivity (Wildman–Crippen MR) is 122 cm³/mol. The summed E-state index contributed by atoms with van der Waals surface area (Å²) in [5.74, 6) is 0.469. The van der Waals surface area contributed by atoms with Crippen LogP contribution in [-0.4, -0.2) is 35.5 Å². The molecule has 0 unspecified atom stereocenters. The van der Waals surface area contributed by atoms with E-state index in [4.69, 9.17) is 15.2 Å². The highest BCUT2D eigenvalue weighted by Gasteiger charge is 2.14. The van der Waals surface area contributed by atoms with E-state index >= 15 is 0 Å². The molecule has 1 heterocycles. The Labute approximate surface area is 183 Å². The molecule has 0 aliphatic heterocycles. The van der Waals surface area contributed by atoms with Crippen LogP contribution in [0.4, 0.5) is 0 Å². The molecular formula is C24H20N4O4. The Kier molecular flexibility index (Phi) is 5.94. The molecule has 1 aromatic heterocycles. The number of carbonyl (C=O) groups excluding carboxylic acids is 1. The summed E-state index contributed by atoms with van der Waals surface area (Å²) in [7, 11) is 1.48. The van der Waals surface area contributed by atoms with Crippen molar-refractivity contribution in [1.82, 2.24) is 9.66 Å². The van der Waals surface area contributed by atoms with Crippen molar-refractivity contribution in [3.63, 3.8) is 0 Å². The lowest BCUT2D eigenvalue weighted by molar-refractivity contribution is -0.119. The highest BCUT2D eigenvalue weighted by atomic mass is 16.5. The Morgan fingerprint density at radius 3 is 2.56 bits per heavy atom. The molecule has 4 aromatic rings. The molecule has 0 saturated heterocycles. The Hall–Kier alpha value is -4.46. The Balaban J connectivity index is 1.87. The van der Waals surface area contributed by atoms with Crippen LogP contribution in [-0.2, 0) is 4.79 Å². The van der Waals surface area contributed by atoms with E-state index in [1.54, 1.807) is 36.4 Å². The lowest BCUT2D eigenvalue weighted by Gasteiger charge is -2.12. The van der Waals surface area contributed by atoms with Gasteiger partial charge in [-0.1, -0.05) is 48.5 Å². The first-order valence-corrected chi connectivity index (χ1v) is 9.78. The van der Waals surface area contributed by atoms with Crippen molar-refractivity contribution in [3.05, 3.63) is 88.7 Å². The number of benzene rings is 3. The van der Waals surface area contributed by atoms with E-state index in [9.17, 15) is 9.59 Å². The molecule has 0 aliphatic rings. The van der Waals surface area contributed by atoms with Crippen LogP contribution < -0.4 is 20.8 Å². The van der Waals surface area contributed by atoms with Gasteiger partial charge in [-0.3, -0.25) is 9.59 Å². The monoisotopic (exact) mass is 428 g/mol. The van der Waals surface area contributed by atoms with E-state index in [0.29, 0.717) is 33.8 Å². The number of rotatable bonds is 7. The van der Waals surface area contributed by atoms with E-state index in [2.05, 4.69) is 10.1 Å². The molecule has 3 aromatic carbocycles. The number of hydrogen-bond acceptors (Lipinski definition) is 6. The number of nitrogens with two attached hydrogens (primary N) is 1. The molecular weight excluding hydrogens is 408 g/mol. The summed E-state index contributed by atoms with van der Waals surface area (Å²) in [4.78, 5) is 29.1. The van der Waals surface area contributed by atoms with Crippen molar-refractivity contribution in [2.45, 2.75) is 0 Å². The molecule has 1 amide bonds. The molecule has 0 fully saturated rings. The SMILES string of the molecule is COc1cccc(C=Nn2c(-c3ccccc3)nc3ccccc3c2=O)c1OCC(N)=O. The molecule has 160 valence electrons. The second-order valence-corrected chi connectivity index (χ2v) is 6.81. The van der Waals surface area contributed by atoms with Crippen LogP contribution in [0.1, 0.15) is 5.56 Å². The van der Waals surface area contributed by atoms with Gasteiger partial charge in [0.1, 0.15) is 0 Å². The number of aromatic nitrogens is 2. The van der Waals surface area contributed by atoms with E-state index in [1.807, 2.05) is 36.4 Å². The largest absolute Gasteiger partial charge is 0.493 e. The van der Waals surface area contributed by atoms with Gasteiger partial charge in [0.15, 0.2) is 23.9 Å². The lowest BCUT2D eigenvalue weighted by atomic mass is 10.2. The molecule has 0 saturated carbocycles. The van der Waals surface area contributed by atoms with Gasteiger partial charge < -0.3 is 15.2 Å². The summed E-state index contributed by atoms with van der Waals surface area (Å²) < 4.78 is 12.1. The fraction of sp³-hybridized carbons (Fsp3) is 0.0833. The number of carbonyl (C=O) groups is 1. The third kappa shape index (κ3) is 4.20. The lowest BCUT2D eigenvalue weighted by Crippen LogP contribution is -2.21. The molecule has 8 heteroatoms. The first kappa shape index (κ1) is 20.8. The van der Waals surface area contributed by atoms with Gasteiger partial charge in [0, 0.05) is 11.1 Å². The van der Waals surface area contributed by atoms with Crippen molar-refractivity contribution in [2.75, 3.05) is 13.7 Å². The maximum atomic E-state index is 13.3. The number of amides is 1. The van der Waals surface area contributed by atoms with Crippen molar-refractivity contribution < 1.29 is 14.3 Å². The first-order chi connectivity index (χ1) is 15.6. The van der Waals surface area contributed by atoms with Gasteiger partial charge in [0.25, 0.3) is 11.5 Å². The summed E-state index contributed by atoms with van der Waals surface area (Å²) in [6, 6.07) is 21.6. The third-order valence-corrected chi connectivity index (χ3v) is 4.69. The normalized spacial score (nSPS) is 11.0. The number of methoxy groups -OCH3 is 1. The first-order valence-electron chi connectivity index (χ1n) is 9.78. The Morgan fingerprint density at radius 1 is 1.06 bits per heavy atom. The van der Waals surface area contributed by atoms with Crippen molar-refractivity contribution in [3.8, 4) is 22.9 Å². The van der Waals surface area contributed by atoms with Gasteiger partial charge in [-0.2, -0.15) is 9.78 Å². The van der Waals surface area contributed by atoms with Gasteiger partial charge >= 0.3 is 0 Å². The van der Waals surface area contributed by atoms with E-state index < -0.39 is 5.91 Å². The smallest absolute Gasteiger partial charge is 0.282 e. The van der Waals surface area contributed by atoms with Gasteiger partial charge in [-0.15, -0.1) is 0 Å². The quantitative estimate of drug-likeness (QED) is 0.455. The van der Waals surface area contributed by atoms with Crippen molar-refractivity contribution in [1.29, 1.82) is 0 Å². The van der Waals surface area contributed by atoms with Crippen LogP contribution in [0.5, 0.6) is 11.5 Å². The molecule has 0 atom stereocenters. The van der Waals surface area contributed by atoms with Crippen LogP contribution in [0.3, 0.4) is 0 Å². The van der Waals surface area contributed by atoms with Crippen molar-refractivity contribution >= 4 is 23.0 Å². The number of para-hydroxylation sites is 2. The zero-order valence-corrected chi connectivity index (χ0v) is 17.3. The molecule has 32 heavy (non-hydrogen) atoms. The fourth-order valence-corrected chi connectivity index (χ4v) is 3.22. The summed E-state index contributed by atoms with van der Waals surface area (Å²) in [5.41, 5.74) is 6.72. The molecule has 0 bridgehead atoms. The minimum absolute atomic E-state index is 0.292. The average molecular weight is 428 g/mol. The van der Waals surface area contributed by atoms with Gasteiger partial charge in [-0.25, -0.2) is 4.98 Å². The van der Waals surface area contributed by atoms with E-state index in [0.717, 1.165) is 5.56 Å². The van der Waals surface area contributed by atoms with Gasteiger partial charge in [0.2, 0.25) is 0 Å². The number of nitrogens with zero attached hydrogens (tertiary/aromatic N) is 3. The second-order valence-electron chi connectivity index (χ2n) is 6.81. The summed E-state index contributed by atoms with van der Waals surface area (Å²) in [6.07, 6.45) is 1.46. The zero-order chi connectivity index (χ0) is 22.5. The molecule has 0 spiro atoms. The Morgan fingerprint density at radius 2 is 1.81 bits per heavy atom. The minimum Gasteiger partial charge on any atom is -0.493 e. The van der Waals surface area contributed by atoms with Crippen LogP contribution in [0.25, 0.3) is 22.3 Å². The average Bonchev–Trinajstić information content (AvgIpc) is 2.82. The number of hydrogen-bond donors (Lipinski definition) is 1. The summed E-state index contributed by atoms with van der Waals surface area (Å²) in [5, 5.41) is 4.88. The number of primary amides is 1. The summed E-state index contributed by atoms with van der Waals surface area (Å²) in [6.45, 7) is -0.325. The summed E-state index contributed by atoms with van der Waals surface area (Å²) >= 11 is 0. The predicted octanol–water partition coefficient (Wildman–Crippen LogP) is 2.82. The number of ether oxygens (including phenoxy) is 2. The molecule has 8 nitrogen and oxygen atoms in total. The van der Waals surface area contributed by atoms with E-state index in [1.165, 1.54) is 18.0 Å². The molecule has 0 aliphatic carbocycles. The maximum absolute atomic E-state index is 13.3. The molecule has 4 rings (SSSR count). The van der Waals surface area contributed by atoms with Crippen LogP contribution in [0.2, 0.25) is 0 Å². The second kappa shape index (κ2) is 9.13. The number of fused-ring (bicyclic) bond motifs is 1. The van der Waals surface area contributed by atoms with Crippen LogP contribution in [0.15, 0.2) is 82.7 Å². The standard InChI is InChI=1S/C24H20N4O4/c1-31-20-13-7-10-17(22(20)32-15-21(25)29)14-26-28-23(16-8-3-2-4-9-16)27-19-12-6-5-11-18(19)24(28)30/h2-14H,15H2,1H3,(H2,25,29). The van der Waals surface area contributed by atoms with Gasteiger partial charge in [-0.05, 0) is 24.3 Å². The van der Waals surface area contributed by atoms with E-state index in [-0.39, 0.29) is 12.2 Å². The molecule has 2 N–H and O–H groups in total. The highest BCUT2D eigenvalue weighted by molar-refractivity contribution is 5.86. The highest BCUT2D eigenvalue weighted by Crippen LogP contribution is 2.30.